The molecule has 18 heavy (non-hydrogen) atoms. The number of carboxylic acids is 1. The Kier molecular flexibility index (Phi) is 5.76. The molecule has 0 aromatic carbocycles. The topological polar surface area (TPSA) is 113 Å². The molecule has 0 aliphatic carbocycles. The fourth-order valence-electron chi connectivity index (χ4n) is 1.57. The first kappa shape index (κ1) is 14.6. The Labute approximate surface area is 107 Å². The molecule has 3 amide bonds. The summed E-state index contributed by atoms with van der Waals surface area (Å²) < 4.78 is 11.1. The van der Waals surface area contributed by atoms with E-state index in [1.165, 1.54) is 0 Å². The molecule has 0 atom stereocenters. The van der Waals surface area contributed by atoms with Crippen LogP contribution in [0.1, 0.15) is 25.7 Å². The molecule has 0 bridgehead atoms. The minimum atomic E-state index is -1.08. The summed E-state index contributed by atoms with van der Waals surface area (Å²) in [6.45, 7) is 0. The van der Waals surface area contributed by atoms with Gasteiger partial charge in [-0.05, 0) is 12.8 Å². The van der Waals surface area contributed by atoms with Crippen LogP contribution >= 0.6 is 0 Å². The Hall–Kier alpha value is -1.44. The van der Waals surface area contributed by atoms with Crippen LogP contribution in [0.5, 0.6) is 0 Å². The van der Waals surface area contributed by atoms with Crippen molar-refractivity contribution in [2.24, 2.45) is 0 Å². The van der Waals surface area contributed by atoms with E-state index in [2.05, 4.69) is 10.6 Å². The van der Waals surface area contributed by atoms with Gasteiger partial charge in [0.05, 0.1) is 6.42 Å². The largest absolute Gasteiger partial charge is 0.481 e. The van der Waals surface area contributed by atoms with Gasteiger partial charge in [-0.2, -0.15) is 0 Å². The third kappa shape index (κ3) is 5.76. The highest BCUT2D eigenvalue weighted by atomic mass is 32.2. The number of urea groups is 1. The summed E-state index contributed by atoms with van der Waals surface area (Å²) in [6, 6.07) is -0.696. The maximum absolute atomic E-state index is 11.4. The Bertz CT molecular complexity index is 361. The van der Waals surface area contributed by atoms with E-state index in [4.69, 9.17) is 5.11 Å². The number of carbonyl (C=O) groups excluding carboxylic acids is 2. The van der Waals surface area contributed by atoms with Crippen molar-refractivity contribution in [1.82, 2.24) is 10.6 Å². The van der Waals surface area contributed by atoms with Crippen molar-refractivity contribution in [3.8, 4) is 0 Å². The maximum Gasteiger partial charge on any atom is 0.321 e. The quantitative estimate of drug-likeness (QED) is 0.646. The maximum atomic E-state index is 11.4. The number of hydrogen-bond acceptors (Lipinski definition) is 4. The van der Waals surface area contributed by atoms with Gasteiger partial charge in [-0.3, -0.25) is 19.1 Å². The fourth-order valence-corrected chi connectivity index (χ4v) is 2.87. The third-order valence-corrected chi connectivity index (χ3v) is 3.92. The Morgan fingerprint density at radius 2 is 1.78 bits per heavy atom. The summed E-state index contributed by atoms with van der Waals surface area (Å²) in [5.41, 5.74) is 0. The van der Waals surface area contributed by atoms with Gasteiger partial charge in [0.1, 0.15) is 0 Å². The van der Waals surface area contributed by atoms with Crippen LogP contribution < -0.4 is 10.6 Å². The molecule has 0 aromatic heterocycles. The molecular weight excluding hydrogens is 260 g/mol. The van der Waals surface area contributed by atoms with Gasteiger partial charge in [-0.25, -0.2) is 4.79 Å². The number of rotatable bonds is 4. The summed E-state index contributed by atoms with van der Waals surface area (Å²) in [4.78, 5) is 32.8. The van der Waals surface area contributed by atoms with E-state index in [1.807, 2.05) is 0 Å². The van der Waals surface area contributed by atoms with Gasteiger partial charge >= 0.3 is 12.0 Å². The number of aliphatic carboxylic acids is 1. The van der Waals surface area contributed by atoms with Gasteiger partial charge in [0.2, 0.25) is 5.91 Å². The highest BCUT2D eigenvalue weighted by Crippen LogP contribution is 2.08. The van der Waals surface area contributed by atoms with Crippen LogP contribution in [0.4, 0.5) is 4.79 Å². The van der Waals surface area contributed by atoms with Crippen LogP contribution in [0.3, 0.4) is 0 Å². The molecule has 1 aliphatic rings. The number of hydrogen-bond donors (Lipinski definition) is 3. The minimum Gasteiger partial charge on any atom is -0.481 e. The normalized spacial score (nSPS) is 23.1. The van der Waals surface area contributed by atoms with Crippen molar-refractivity contribution in [2.45, 2.75) is 31.7 Å². The molecule has 1 aliphatic heterocycles. The molecule has 0 spiro atoms. The number of carbonyl (C=O) groups is 3. The Balaban J connectivity index is 2.22. The van der Waals surface area contributed by atoms with E-state index in [0.29, 0.717) is 24.3 Å². The second-order valence-electron chi connectivity index (χ2n) is 4.04. The van der Waals surface area contributed by atoms with Crippen LogP contribution in [-0.4, -0.2) is 44.8 Å². The molecule has 1 saturated heterocycles. The SMILES string of the molecule is O=C(O)CCC(=O)NC(=O)NC1CCS(=O)CC1. The van der Waals surface area contributed by atoms with Crippen LogP contribution in [0.2, 0.25) is 0 Å². The summed E-state index contributed by atoms with van der Waals surface area (Å²) in [5.74, 6) is -0.592. The molecule has 7 nitrogen and oxygen atoms in total. The smallest absolute Gasteiger partial charge is 0.321 e. The van der Waals surface area contributed by atoms with E-state index >= 15 is 0 Å². The zero-order valence-corrected chi connectivity index (χ0v) is 10.6. The van der Waals surface area contributed by atoms with Crippen molar-refractivity contribution >= 4 is 28.7 Å². The zero-order valence-electron chi connectivity index (χ0n) is 9.81. The molecule has 1 fully saturated rings. The van der Waals surface area contributed by atoms with E-state index in [9.17, 15) is 18.6 Å². The van der Waals surface area contributed by atoms with Crippen molar-refractivity contribution < 1.29 is 23.7 Å². The van der Waals surface area contributed by atoms with Gasteiger partial charge < -0.3 is 10.4 Å². The van der Waals surface area contributed by atoms with Gasteiger partial charge in [-0.1, -0.05) is 0 Å². The lowest BCUT2D eigenvalue weighted by molar-refractivity contribution is -0.138. The van der Waals surface area contributed by atoms with Crippen molar-refractivity contribution in [3.63, 3.8) is 0 Å². The van der Waals surface area contributed by atoms with Crippen molar-refractivity contribution in [3.05, 3.63) is 0 Å². The Morgan fingerprint density at radius 3 is 2.33 bits per heavy atom. The van der Waals surface area contributed by atoms with E-state index < -0.39 is 28.7 Å². The van der Waals surface area contributed by atoms with Crippen molar-refractivity contribution in [1.29, 1.82) is 0 Å². The fraction of sp³-hybridized carbons (Fsp3) is 0.700. The molecule has 8 heteroatoms. The summed E-state index contributed by atoms with van der Waals surface area (Å²) in [6.07, 6.45) is 0.728. The first-order valence-electron chi connectivity index (χ1n) is 5.64. The monoisotopic (exact) mass is 276 g/mol. The average molecular weight is 276 g/mol. The van der Waals surface area contributed by atoms with Gasteiger partial charge in [0.25, 0.3) is 0 Å². The van der Waals surface area contributed by atoms with Crippen LogP contribution in [-0.2, 0) is 20.4 Å². The highest BCUT2D eigenvalue weighted by molar-refractivity contribution is 7.85. The molecule has 0 saturated carbocycles. The lowest BCUT2D eigenvalue weighted by Crippen LogP contribution is -2.46. The second kappa shape index (κ2) is 7.10. The van der Waals surface area contributed by atoms with E-state index in [0.717, 1.165) is 0 Å². The molecule has 1 rings (SSSR count). The zero-order chi connectivity index (χ0) is 13.5. The Morgan fingerprint density at radius 1 is 1.17 bits per heavy atom. The number of nitrogens with one attached hydrogen (secondary N) is 2. The molecule has 0 unspecified atom stereocenters. The molecule has 0 aromatic rings. The third-order valence-electron chi connectivity index (χ3n) is 2.54. The van der Waals surface area contributed by atoms with Gasteiger partial charge in [0, 0.05) is 34.8 Å². The van der Waals surface area contributed by atoms with Gasteiger partial charge in [0.15, 0.2) is 0 Å². The average Bonchev–Trinajstić information content (AvgIpc) is 2.29. The molecule has 102 valence electrons. The lowest BCUT2D eigenvalue weighted by Gasteiger charge is -2.22. The number of imide groups is 1. The standard InChI is InChI=1S/C10H16N2O5S/c13-8(1-2-9(14)15)12-10(16)11-7-3-5-18(17)6-4-7/h7H,1-6H2,(H,14,15)(H2,11,12,13,16). The first-order chi connectivity index (χ1) is 8.47. The van der Waals surface area contributed by atoms with E-state index in [1.54, 1.807) is 0 Å². The van der Waals surface area contributed by atoms with Crippen LogP contribution in [0.25, 0.3) is 0 Å². The van der Waals surface area contributed by atoms with Crippen LogP contribution in [0.15, 0.2) is 0 Å². The second-order valence-corrected chi connectivity index (χ2v) is 5.73. The molecule has 0 radical (unpaired) electrons. The molecular formula is C10H16N2O5S. The first-order valence-corrected chi connectivity index (χ1v) is 7.13. The summed E-state index contributed by atoms with van der Waals surface area (Å²) in [7, 11) is -0.799. The van der Waals surface area contributed by atoms with E-state index in [-0.39, 0.29) is 18.9 Å². The summed E-state index contributed by atoms with van der Waals surface area (Å²) >= 11 is 0. The van der Waals surface area contributed by atoms with Crippen molar-refractivity contribution in [2.75, 3.05) is 11.5 Å². The minimum absolute atomic E-state index is 0.0741. The predicted molar refractivity (Wildman–Crippen MR) is 64.4 cm³/mol. The van der Waals surface area contributed by atoms with Crippen LogP contribution in [0, 0.1) is 0 Å². The summed E-state index contributed by atoms with van der Waals surface area (Å²) in [5, 5.41) is 13.0. The van der Waals surface area contributed by atoms with Gasteiger partial charge in [-0.15, -0.1) is 0 Å². The predicted octanol–water partition coefficient (Wildman–Crippen LogP) is -0.412. The highest BCUT2D eigenvalue weighted by Gasteiger charge is 2.20. The molecule has 3 N–H and O–H groups in total. The number of amides is 3. The lowest BCUT2D eigenvalue weighted by atomic mass is 10.2. The molecule has 1 heterocycles. The number of carboxylic acid groups (broad SMARTS) is 1.